The van der Waals surface area contributed by atoms with Gasteiger partial charge >= 0.3 is 0 Å². The van der Waals surface area contributed by atoms with Crippen molar-refractivity contribution in [2.24, 2.45) is 0 Å². The molecular weight excluding hydrogens is 393 g/mol. The van der Waals surface area contributed by atoms with Crippen molar-refractivity contribution in [3.05, 3.63) is 77.1 Å². The van der Waals surface area contributed by atoms with Gasteiger partial charge in [-0.3, -0.25) is 9.69 Å². The van der Waals surface area contributed by atoms with Gasteiger partial charge in [-0.1, -0.05) is 42.2 Å². The van der Waals surface area contributed by atoms with Gasteiger partial charge in [0.2, 0.25) is 0 Å². The van der Waals surface area contributed by atoms with Gasteiger partial charge in [0.15, 0.2) is 0 Å². The molecule has 0 saturated carbocycles. The second kappa shape index (κ2) is 7.69. The van der Waals surface area contributed by atoms with Gasteiger partial charge < -0.3 is 0 Å². The number of thioether (sulfide) groups is 1. The van der Waals surface area contributed by atoms with E-state index in [0.29, 0.717) is 21.5 Å². The number of hydrogen-bond acceptors (Lipinski definition) is 4. The Hall–Kier alpha value is -2.77. The van der Waals surface area contributed by atoms with Crippen LogP contribution in [0.25, 0.3) is 23.0 Å². The summed E-state index contributed by atoms with van der Waals surface area (Å²) >= 11 is 6.58. The van der Waals surface area contributed by atoms with Crippen LogP contribution in [-0.4, -0.2) is 31.5 Å². The van der Waals surface area contributed by atoms with E-state index in [4.69, 9.17) is 12.2 Å². The Morgan fingerprint density at radius 1 is 1.14 bits per heavy atom. The van der Waals surface area contributed by atoms with Crippen molar-refractivity contribution in [3.8, 4) is 16.9 Å². The summed E-state index contributed by atoms with van der Waals surface area (Å²) in [6.45, 7) is 2.43. The molecule has 1 fully saturated rings. The Labute approximate surface area is 171 Å². The molecule has 1 saturated heterocycles. The van der Waals surface area contributed by atoms with E-state index in [0.717, 1.165) is 16.8 Å². The highest BCUT2D eigenvalue weighted by Crippen LogP contribution is 2.34. The summed E-state index contributed by atoms with van der Waals surface area (Å²) in [5.74, 6) is -0.411. The van der Waals surface area contributed by atoms with E-state index < -0.39 is 0 Å². The Balaban J connectivity index is 1.82. The number of benzene rings is 2. The van der Waals surface area contributed by atoms with E-state index in [1.54, 1.807) is 27.8 Å². The Morgan fingerprint density at radius 2 is 1.86 bits per heavy atom. The first-order valence-electron chi connectivity index (χ1n) is 8.73. The summed E-state index contributed by atoms with van der Waals surface area (Å²) in [7, 11) is 0. The van der Waals surface area contributed by atoms with Crippen molar-refractivity contribution in [1.82, 2.24) is 14.7 Å². The van der Waals surface area contributed by atoms with Gasteiger partial charge in [-0.2, -0.15) is 5.10 Å². The molecule has 2 heterocycles. The molecule has 1 aliphatic rings. The summed E-state index contributed by atoms with van der Waals surface area (Å²) in [5, 5.41) is 4.69. The Bertz CT molecular complexity index is 1070. The van der Waals surface area contributed by atoms with Crippen molar-refractivity contribution in [3.63, 3.8) is 0 Å². The minimum absolute atomic E-state index is 0.102. The highest BCUT2D eigenvalue weighted by molar-refractivity contribution is 8.26. The monoisotopic (exact) mass is 409 g/mol. The molecule has 0 atom stereocenters. The summed E-state index contributed by atoms with van der Waals surface area (Å²) in [4.78, 5) is 14.7. The van der Waals surface area contributed by atoms with Crippen LogP contribution in [0.2, 0.25) is 0 Å². The first-order valence-corrected chi connectivity index (χ1v) is 9.95. The summed E-state index contributed by atoms with van der Waals surface area (Å²) in [6.07, 6.45) is 3.67. The molecule has 0 spiro atoms. The summed E-state index contributed by atoms with van der Waals surface area (Å²) < 4.78 is 15.7. The zero-order valence-electron chi connectivity index (χ0n) is 15.0. The molecule has 7 heteroatoms. The number of carbonyl (C=O) groups excluding carboxylic acids is 1. The van der Waals surface area contributed by atoms with Gasteiger partial charge in [0.05, 0.1) is 16.3 Å². The zero-order chi connectivity index (χ0) is 19.7. The van der Waals surface area contributed by atoms with Crippen LogP contribution in [0.3, 0.4) is 0 Å². The molecule has 1 aromatic heterocycles. The van der Waals surface area contributed by atoms with Crippen LogP contribution in [0.5, 0.6) is 0 Å². The second-order valence-corrected chi connectivity index (χ2v) is 7.82. The number of thiocarbonyl (C=S) groups is 1. The largest absolute Gasteiger partial charge is 0.293 e. The molecular formula is C21H16FN3OS2. The van der Waals surface area contributed by atoms with Gasteiger partial charge in [-0.15, -0.1) is 0 Å². The Kier molecular flexibility index (Phi) is 5.11. The predicted molar refractivity (Wildman–Crippen MR) is 115 cm³/mol. The fourth-order valence-corrected chi connectivity index (χ4v) is 4.33. The highest BCUT2D eigenvalue weighted by Gasteiger charge is 2.31. The maximum absolute atomic E-state index is 13.4. The van der Waals surface area contributed by atoms with E-state index in [2.05, 4.69) is 5.10 Å². The number of halogens is 1. The highest BCUT2D eigenvalue weighted by atomic mass is 32.2. The third-order valence-corrected chi connectivity index (χ3v) is 5.74. The molecule has 1 aliphatic heterocycles. The lowest BCUT2D eigenvalue weighted by atomic mass is 10.1. The first kappa shape index (κ1) is 18.6. The number of likely N-dealkylation sites (N-methyl/N-ethyl adjacent to an activating group) is 1. The lowest BCUT2D eigenvalue weighted by Crippen LogP contribution is -2.27. The van der Waals surface area contributed by atoms with Gasteiger partial charge in [-0.05, 0) is 49.4 Å². The van der Waals surface area contributed by atoms with E-state index in [1.165, 1.54) is 23.9 Å². The Morgan fingerprint density at radius 3 is 2.50 bits per heavy atom. The predicted octanol–water partition coefficient (Wildman–Crippen LogP) is 4.90. The molecule has 140 valence electrons. The molecule has 0 N–H and O–H groups in total. The summed E-state index contributed by atoms with van der Waals surface area (Å²) in [6, 6.07) is 15.9. The lowest BCUT2D eigenvalue weighted by Gasteiger charge is -2.09. The van der Waals surface area contributed by atoms with Crippen LogP contribution in [-0.2, 0) is 4.79 Å². The molecule has 0 aliphatic carbocycles. The van der Waals surface area contributed by atoms with Crippen molar-refractivity contribution < 1.29 is 9.18 Å². The number of para-hydroxylation sites is 1. The topological polar surface area (TPSA) is 38.1 Å². The van der Waals surface area contributed by atoms with Crippen LogP contribution >= 0.6 is 24.0 Å². The SMILES string of the molecule is CCN1C(=O)/C(=C\c2cn(-c3ccccc3)nc2-c2ccc(F)cc2)SC1=S. The maximum atomic E-state index is 13.4. The lowest BCUT2D eigenvalue weighted by molar-refractivity contribution is -0.121. The van der Waals surface area contributed by atoms with Gasteiger partial charge in [0.25, 0.3) is 5.91 Å². The minimum Gasteiger partial charge on any atom is -0.293 e. The number of carbonyl (C=O) groups is 1. The third kappa shape index (κ3) is 3.50. The smallest absolute Gasteiger partial charge is 0.266 e. The van der Waals surface area contributed by atoms with Crippen LogP contribution in [0, 0.1) is 5.82 Å². The van der Waals surface area contributed by atoms with Crippen molar-refractivity contribution in [2.75, 3.05) is 6.54 Å². The first-order chi connectivity index (χ1) is 13.6. The van der Waals surface area contributed by atoms with Gasteiger partial charge in [0.1, 0.15) is 10.1 Å². The normalized spacial score (nSPS) is 15.6. The maximum Gasteiger partial charge on any atom is 0.266 e. The van der Waals surface area contributed by atoms with Crippen molar-refractivity contribution >= 4 is 40.3 Å². The standard InChI is InChI=1S/C21H16FN3OS2/c1-2-24-20(26)18(28-21(24)27)12-15-13-25(17-6-4-3-5-7-17)23-19(15)14-8-10-16(22)11-9-14/h3-13H,2H2,1H3/b18-12+. The number of rotatable bonds is 4. The fourth-order valence-electron chi connectivity index (χ4n) is 2.95. The van der Waals surface area contributed by atoms with Gasteiger partial charge in [-0.25, -0.2) is 9.07 Å². The second-order valence-electron chi connectivity index (χ2n) is 6.15. The van der Waals surface area contributed by atoms with E-state index >= 15 is 0 Å². The van der Waals surface area contributed by atoms with E-state index in [-0.39, 0.29) is 11.7 Å². The zero-order valence-corrected chi connectivity index (χ0v) is 16.6. The number of nitrogens with zero attached hydrogens (tertiary/aromatic N) is 3. The number of aromatic nitrogens is 2. The molecule has 0 bridgehead atoms. The summed E-state index contributed by atoms with van der Waals surface area (Å²) in [5.41, 5.74) is 3.11. The van der Waals surface area contributed by atoms with E-state index in [9.17, 15) is 9.18 Å². The average molecular weight is 410 g/mol. The average Bonchev–Trinajstić information content (AvgIpc) is 3.24. The van der Waals surface area contributed by atoms with Crippen LogP contribution in [0.1, 0.15) is 12.5 Å². The molecule has 0 radical (unpaired) electrons. The van der Waals surface area contributed by atoms with Crippen molar-refractivity contribution in [1.29, 1.82) is 0 Å². The fraction of sp³-hybridized carbons (Fsp3) is 0.0952. The van der Waals surface area contributed by atoms with Crippen LogP contribution in [0.15, 0.2) is 65.7 Å². The quantitative estimate of drug-likeness (QED) is 0.454. The molecule has 0 unspecified atom stereocenters. The molecule has 28 heavy (non-hydrogen) atoms. The molecule has 2 aromatic carbocycles. The van der Waals surface area contributed by atoms with Crippen LogP contribution < -0.4 is 0 Å². The molecule has 1 amide bonds. The van der Waals surface area contributed by atoms with E-state index in [1.807, 2.05) is 43.5 Å². The number of amides is 1. The minimum atomic E-state index is -0.309. The van der Waals surface area contributed by atoms with Gasteiger partial charge in [0, 0.05) is 23.9 Å². The molecule has 4 rings (SSSR count). The van der Waals surface area contributed by atoms with Crippen LogP contribution in [0.4, 0.5) is 4.39 Å². The number of hydrogen-bond donors (Lipinski definition) is 0. The third-order valence-electron chi connectivity index (χ3n) is 4.36. The molecule has 4 nitrogen and oxygen atoms in total. The van der Waals surface area contributed by atoms with Crippen molar-refractivity contribution in [2.45, 2.75) is 6.92 Å². The molecule has 3 aromatic rings.